The number of hydrogen-bond donors (Lipinski definition) is 2. The number of aromatic nitrogens is 1. The van der Waals surface area contributed by atoms with Crippen LogP contribution in [0.2, 0.25) is 0 Å². The van der Waals surface area contributed by atoms with Crippen molar-refractivity contribution in [2.75, 3.05) is 20.7 Å². The SMILES string of the molecule is CN=CC=C(N)CNSc1ccc(Oc2ccnc3cc(OC)ccc23)cc1. The van der Waals surface area contributed by atoms with E-state index in [1.54, 1.807) is 32.6 Å². The van der Waals surface area contributed by atoms with Gasteiger partial charge in [-0.15, -0.1) is 0 Å². The van der Waals surface area contributed by atoms with Crippen molar-refractivity contribution >= 4 is 29.1 Å². The van der Waals surface area contributed by atoms with Crippen LogP contribution in [0.5, 0.6) is 17.2 Å². The predicted molar refractivity (Wildman–Crippen MR) is 115 cm³/mol. The monoisotopic (exact) mass is 394 g/mol. The first kappa shape index (κ1) is 19.7. The summed E-state index contributed by atoms with van der Waals surface area (Å²) >= 11 is 1.51. The van der Waals surface area contributed by atoms with Crippen molar-refractivity contribution < 1.29 is 9.47 Å². The largest absolute Gasteiger partial charge is 0.497 e. The second-order valence-electron chi connectivity index (χ2n) is 5.84. The maximum absolute atomic E-state index is 6.05. The van der Waals surface area contributed by atoms with E-state index in [9.17, 15) is 0 Å². The molecule has 0 unspecified atom stereocenters. The Morgan fingerprint density at radius 1 is 1.18 bits per heavy atom. The van der Waals surface area contributed by atoms with E-state index in [0.717, 1.165) is 38.7 Å². The maximum Gasteiger partial charge on any atom is 0.138 e. The molecule has 1 aromatic heterocycles. The first-order chi connectivity index (χ1) is 13.7. The lowest BCUT2D eigenvalue weighted by Gasteiger charge is -2.10. The molecule has 0 saturated heterocycles. The van der Waals surface area contributed by atoms with Crippen molar-refractivity contribution in [2.24, 2.45) is 10.7 Å². The van der Waals surface area contributed by atoms with E-state index >= 15 is 0 Å². The summed E-state index contributed by atoms with van der Waals surface area (Å²) in [5.74, 6) is 2.27. The lowest BCUT2D eigenvalue weighted by Crippen LogP contribution is -2.14. The van der Waals surface area contributed by atoms with Crippen LogP contribution in [-0.4, -0.2) is 31.9 Å². The van der Waals surface area contributed by atoms with Gasteiger partial charge in [0.05, 0.1) is 12.6 Å². The molecule has 0 aliphatic heterocycles. The molecular formula is C21H22N4O2S. The number of aliphatic imine (C=N–C) groups is 1. The number of allylic oxidation sites excluding steroid dienone is 1. The molecule has 0 aliphatic rings. The normalized spacial score (nSPS) is 11.9. The van der Waals surface area contributed by atoms with Crippen LogP contribution in [0.3, 0.4) is 0 Å². The standard InChI is InChI=1S/C21H22N4O2S/c1-23-11-9-15(22)14-25-28-18-6-3-16(4-7-18)27-21-10-12-24-20-13-17(26-2)5-8-19(20)21/h3-13,25H,14,22H2,1-2H3. The van der Waals surface area contributed by atoms with Gasteiger partial charge in [0.2, 0.25) is 0 Å². The van der Waals surface area contributed by atoms with Crippen molar-refractivity contribution in [1.82, 2.24) is 9.71 Å². The molecule has 3 N–H and O–H groups in total. The fourth-order valence-corrected chi connectivity index (χ4v) is 3.13. The Labute approximate surface area is 168 Å². The van der Waals surface area contributed by atoms with E-state index in [4.69, 9.17) is 15.2 Å². The molecule has 0 spiro atoms. The van der Waals surface area contributed by atoms with Crippen LogP contribution in [-0.2, 0) is 0 Å². The van der Waals surface area contributed by atoms with Gasteiger partial charge in [0.25, 0.3) is 0 Å². The average molecular weight is 395 g/mol. The zero-order valence-corrected chi connectivity index (χ0v) is 16.6. The molecule has 0 radical (unpaired) electrons. The first-order valence-electron chi connectivity index (χ1n) is 8.67. The summed E-state index contributed by atoms with van der Waals surface area (Å²) in [6.07, 6.45) is 5.18. The summed E-state index contributed by atoms with van der Waals surface area (Å²) < 4.78 is 14.5. The summed E-state index contributed by atoms with van der Waals surface area (Å²) in [4.78, 5) is 9.32. The minimum atomic E-state index is 0.571. The van der Waals surface area contributed by atoms with Gasteiger partial charge in [0.1, 0.15) is 17.2 Å². The van der Waals surface area contributed by atoms with Crippen LogP contribution in [0.4, 0.5) is 0 Å². The van der Waals surface area contributed by atoms with E-state index in [2.05, 4.69) is 14.7 Å². The fourth-order valence-electron chi connectivity index (χ4n) is 2.45. The molecule has 1 heterocycles. The number of nitrogens with one attached hydrogen (secondary N) is 1. The van der Waals surface area contributed by atoms with Crippen LogP contribution < -0.4 is 19.9 Å². The second kappa shape index (κ2) is 9.77. The van der Waals surface area contributed by atoms with Crippen LogP contribution in [0.25, 0.3) is 10.9 Å². The number of hydrogen-bond acceptors (Lipinski definition) is 7. The first-order valence-corrected chi connectivity index (χ1v) is 9.48. The number of pyridine rings is 1. The van der Waals surface area contributed by atoms with E-state index in [1.807, 2.05) is 48.5 Å². The third-order valence-electron chi connectivity index (χ3n) is 3.87. The van der Waals surface area contributed by atoms with Crippen LogP contribution in [0, 0.1) is 0 Å². The van der Waals surface area contributed by atoms with Gasteiger partial charge in [-0.25, -0.2) is 0 Å². The molecule has 3 aromatic rings. The minimum absolute atomic E-state index is 0.571. The Hall–Kier alpha value is -3.03. The molecule has 0 bridgehead atoms. The van der Waals surface area contributed by atoms with Crippen molar-refractivity contribution in [3.05, 3.63) is 66.5 Å². The fraction of sp³-hybridized carbons (Fsp3) is 0.143. The molecule has 144 valence electrons. The number of rotatable bonds is 8. The third kappa shape index (κ3) is 5.25. The number of methoxy groups -OCH3 is 1. The van der Waals surface area contributed by atoms with Crippen molar-refractivity contribution in [3.63, 3.8) is 0 Å². The smallest absolute Gasteiger partial charge is 0.138 e. The Bertz CT molecular complexity index is 987. The van der Waals surface area contributed by atoms with Crippen molar-refractivity contribution in [2.45, 2.75) is 4.90 Å². The molecular weight excluding hydrogens is 372 g/mol. The molecule has 0 saturated carbocycles. The van der Waals surface area contributed by atoms with Gasteiger partial charge >= 0.3 is 0 Å². The molecule has 0 aliphatic carbocycles. The lowest BCUT2D eigenvalue weighted by atomic mass is 10.2. The molecule has 0 amide bonds. The molecule has 28 heavy (non-hydrogen) atoms. The number of ether oxygens (including phenoxy) is 2. The van der Waals surface area contributed by atoms with E-state index in [-0.39, 0.29) is 0 Å². The van der Waals surface area contributed by atoms with Gasteiger partial charge in [-0.1, -0.05) is 0 Å². The highest BCUT2D eigenvalue weighted by atomic mass is 32.2. The van der Waals surface area contributed by atoms with Gasteiger partial charge < -0.3 is 15.2 Å². The van der Waals surface area contributed by atoms with Crippen LogP contribution in [0.1, 0.15) is 0 Å². The summed E-state index contributed by atoms with van der Waals surface area (Å²) in [5.41, 5.74) is 7.41. The summed E-state index contributed by atoms with van der Waals surface area (Å²) in [7, 11) is 3.35. The predicted octanol–water partition coefficient (Wildman–Crippen LogP) is 4.18. The molecule has 6 nitrogen and oxygen atoms in total. The number of benzene rings is 2. The molecule has 7 heteroatoms. The number of nitrogens with two attached hydrogens (primary N) is 1. The Morgan fingerprint density at radius 3 is 2.71 bits per heavy atom. The quantitative estimate of drug-likeness (QED) is 0.441. The topological polar surface area (TPSA) is 81.8 Å². The molecule has 2 aromatic carbocycles. The molecule has 3 rings (SSSR count). The summed E-state index contributed by atoms with van der Waals surface area (Å²) in [5, 5.41) is 0.932. The van der Waals surface area contributed by atoms with Gasteiger partial charge in [-0.3, -0.25) is 14.7 Å². The second-order valence-corrected chi connectivity index (χ2v) is 6.80. The average Bonchev–Trinajstić information content (AvgIpc) is 2.73. The van der Waals surface area contributed by atoms with Crippen LogP contribution in [0.15, 0.2) is 76.4 Å². The number of nitrogens with zero attached hydrogens (tertiary/aromatic N) is 2. The number of fused-ring (bicyclic) bond motifs is 1. The molecule has 0 fully saturated rings. The van der Waals surface area contributed by atoms with E-state index in [1.165, 1.54) is 11.9 Å². The van der Waals surface area contributed by atoms with Crippen LogP contribution >= 0.6 is 11.9 Å². The maximum atomic E-state index is 6.05. The third-order valence-corrected chi connectivity index (χ3v) is 4.66. The van der Waals surface area contributed by atoms with Crippen molar-refractivity contribution in [3.8, 4) is 17.2 Å². The van der Waals surface area contributed by atoms with Gasteiger partial charge in [-0.05, 0) is 60.5 Å². The van der Waals surface area contributed by atoms with Crippen molar-refractivity contribution in [1.29, 1.82) is 0 Å². The van der Waals surface area contributed by atoms with Gasteiger partial charge in [0.15, 0.2) is 0 Å². The van der Waals surface area contributed by atoms with E-state index < -0.39 is 0 Å². The lowest BCUT2D eigenvalue weighted by molar-refractivity contribution is 0.415. The van der Waals surface area contributed by atoms with E-state index in [0.29, 0.717) is 6.54 Å². The minimum Gasteiger partial charge on any atom is -0.497 e. The summed E-state index contributed by atoms with van der Waals surface area (Å²) in [6.45, 7) is 0.571. The Balaban J connectivity index is 1.64. The molecule has 0 atom stereocenters. The van der Waals surface area contributed by atoms with Gasteiger partial charge in [-0.2, -0.15) is 0 Å². The zero-order valence-electron chi connectivity index (χ0n) is 15.8. The highest BCUT2D eigenvalue weighted by Gasteiger charge is 2.06. The Morgan fingerprint density at radius 2 is 1.96 bits per heavy atom. The summed E-state index contributed by atoms with van der Waals surface area (Å²) in [6, 6.07) is 15.4. The Kier molecular flexibility index (Phi) is 6.89. The highest BCUT2D eigenvalue weighted by molar-refractivity contribution is 7.97. The van der Waals surface area contributed by atoms with Gasteiger partial charge in [0, 0.05) is 48.0 Å². The zero-order chi connectivity index (χ0) is 19.8. The highest BCUT2D eigenvalue weighted by Crippen LogP contribution is 2.31.